The normalized spacial score (nSPS) is 12.5. The molecular weight excluding hydrogens is 448 g/mol. The number of hydrogen-bond donors (Lipinski definition) is 0. The summed E-state index contributed by atoms with van der Waals surface area (Å²) in [7, 11) is -4.74. The summed E-state index contributed by atoms with van der Waals surface area (Å²) in [4.78, 5) is 5.47. The van der Waals surface area contributed by atoms with Gasteiger partial charge in [-0.2, -0.15) is 15.3 Å². The molecule has 0 fully saturated rings. The Morgan fingerprint density at radius 1 is 1.03 bits per heavy atom. The van der Waals surface area contributed by atoms with E-state index in [0.29, 0.717) is 17.9 Å². The van der Waals surface area contributed by atoms with Gasteiger partial charge in [-0.15, -0.1) is 15.0 Å². The molecule has 4 aromatic rings. The summed E-state index contributed by atoms with van der Waals surface area (Å²) in [5, 5.41) is 21.3. The van der Waals surface area contributed by atoms with Gasteiger partial charge in [-0.1, -0.05) is 19.6 Å². The molecule has 0 unspecified atom stereocenters. The first kappa shape index (κ1) is 22.2. The van der Waals surface area contributed by atoms with Gasteiger partial charge in [0.05, 0.1) is 30.3 Å². The highest BCUT2D eigenvalue weighted by atomic mass is 32.2. The van der Waals surface area contributed by atoms with E-state index in [1.807, 2.05) is 12.1 Å². The molecular formula is C19H24N8O3SSi. The van der Waals surface area contributed by atoms with Crippen LogP contribution in [0.5, 0.6) is 0 Å². The molecule has 0 saturated heterocycles. The largest absolute Gasteiger partial charge is 0.360 e. The molecule has 3 heterocycles. The summed E-state index contributed by atoms with van der Waals surface area (Å²) in [6.07, 6.45) is 7.35. The lowest BCUT2D eigenvalue weighted by molar-refractivity contribution is 0.0816. The second-order valence-electron chi connectivity index (χ2n) is 8.60. The molecule has 0 radical (unpaired) electrons. The standard InChI is InChI=1S/C19H24N8O3SSi/c1-31(28,29)19-20-12-16(24-25-19)14-5-6-17(27-21-7-8-22-27)18-15(14)11-23-26(18)13-30-9-10-32(2,3)4/h5-8,11-12H,9-10,13H2,1-4H3. The molecule has 168 valence electrons. The second kappa shape index (κ2) is 8.48. The van der Waals surface area contributed by atoms with Crippen LogP contribution in [0.3, 0.4) is 0 Å². The third kappa shape index (κ3) is 4.74. The number of fused-ring (bicyclic) bond motifs is 1. The molecule has 0 aliphatic rings. The van der Waals surface area contributed by atoms with Crippen molar-refractivity contribution < 1.29 is 13.2 Å². The van der Waals surface area contributed by atoms with E-state index < -0.39 is 17.9 Å². The van der Waals surface area contributed by atoms with Gasteiger partial charge >= 0.3 is 0 Å². The number of hydrogen-bond acceptors (Lipinski definition) is 9. The molecule has 0 N–H and O–H groups in total. The van der Waals surface area contributed by atoms with E-state index in [1.165, 1.54) is 11.0 Å². The van der Waals surface area contributed by atoms with Crippen molar-refractivity contribution in [1.29, 1.82) is 0 Å². The Bertz CT molecular complexity index is 1330. The minimum Gasteiger partial charge on any atom is -0.360 e. The maximum Gasteiger partial charge on any atom is 0.267 e. The highest BCUT2D eigenvalue weighted by Crippen LogP contribution is 2.31. The van der Waals surface area contributed by atoms with E-state index in [0.717, 1.165) is 28.9 Å². The van der Waals surface area contributed by atoms with Crippen LogP contribution in [-0.4, -0.2) is 69.3 Å². The Morgan fingerprint density at radius 3 is 2.41 bits per heavy atom. The number of rotatable bonds is 8. The van der Waals surface area contributed by atoms with Gasteiger partial charge in [0.15, 0.2) is 0 Å². The highest BCUT2D eigenvalue weighted by Gasteiger charge is 2.19. The predicted octanol–water partition coefficient (Wildman–Crippen LogP) is 2.18. The number of benzene rings is 1. The topological polar surface area (TPSA) is 131 Å². The Kier molecular flexibility index (Phi) is 5.88. The molecule has 0 amide bonds. The van der Waals surface area contributed by atoms with Crippen molar-refractivity contribution in [3.63, 3.8) is 0 Å². The summed E-state index contributed by atoms with van der Waals surface area (Å²) in [6.45, 7) is 7.85. The first-order valence-corrected chi connectivity index (χ1v) is 15.6. The lowest BCUT2D eigenvalue weighted by Gasteiger charge is -2.16. The number of nitrogens with zero attached hydrogens (tertiary/aromatic N) is 8. The van der Waals surface area contributed by atoms with E-state index in [9.17, 15) is 8.42 Å². The average molecular weight is 473 g/mol. The summed E-state index contributed by atoms with van der Waals surface area (Å²) in [5.74, 6) is 0. The Hall–Kier alpha value is -3.03. The quantitative estimate of drug-likeness (QED) is 0.280. The lowest BCUT2D eigenvalue weighted by atomic mass is 10.1. The maximum absolute atomic E-state index is 11.7. The van der Waals surface area contributed by atoms with Gasteiger partial charge in [0.25, 0.3) is 5.16 Å². The molecule has 0 saturated carbocycles. The van der Waals surface area contributed by atoms with Crippen molar-refractivity contribution in [2.45, 2.75) is 37.6 Å². The minimum absolute atomic E-state index is 0.280. The average Bonchev–Trinajstić information content (AvgIpc) is 3.40. The lowest BCUT2D eigenvalue weighted by Crippen LogP contribution is -2.22. The van der Waals surface area contributed by atoms with Gasteiger partial charge in [-0.05, 0) is 18.2 Å². The van der Waals surface area contributed by atoms with Gasteiger partial charge in [-0.3, -0.25) is 0 Å². The van der Waals surface area contributed by atoms with Crippen LogP contribution in [0.4, 0.5) is 0 Å². The first-order valence-electron chi connectivity index (χ1n) is 9.97. The monoisotopic (exact) mass is 472 g/mol. The molecule has 1 aromatic carbocycles. The van der Waals surface area contributed by atoms with Crippen molar-refractivity contribution in [2.24, 2.45) is 0 Å². The number of aromatic nitrogens is 8. The molecule has 0 bridgehead atoms. The van der Waals surface area contributed by atoms with Crippen LogP contribution in [-0.2, 0) is 21.3 Å². The molecule has 3 aromatic heterocycles. The summed E-state index contributed by atoms with van der Waals surface area (Å²) < 4.78 is 31.0. The van der Waals surface area contributed by atoms with E-state index in [2.05, 4.69) is 50.1 Å². The van der Waals surface area contributed by atoms with Crippen molar-refractivity contribution in [2.75, 3.05) is 12.9 Å². The molecule has 0 spiro atoms. The van der Waals surface area contributed by atoms with E-state index in [-0.39, 0.29) is 11.9 Å². The molecule has 4 rings (SSSR count). The zero-order valence-electron chi connectivity index (χ0n) is 18.3. The van der Waals surface area contributed by atoms with Crippen molar-refractivity contribution in [1.82, 2.24) is 40.0 Å². The second-order valence-corrected chi connectivity index (χ2v) is 16.1. The molecule has 11 nitrogen and oxygen atoms in total. The highest BCUT2D eigenvalue weighted by molar-refractivity contribution is 7.90. The zero-order chi connectivity index (χ0) is 22.9. The van der Waals surface area contributed by atoms with Gasteiger partial charge < -0.3 is 4.74 Å². The Morgan fingerprint density at radius 2 is 1.78 bits per heavy atom. The van der Waals surface area contributed by atoms with Crippen LogP contribution >= 0.6 is 0 Å². The van der Waals surface area contributed by atoms with Crippen molar-refractivity contribution >= 4 is 28.8 Å². The van der Waals surface area contributed by atoms with Crippen LogP contribution in [0.1, 0.15) is 0 Å². The first-order chi connectivity index (χ1) is 15.1. The molecule has 0 aliphatic carbocycles. The van der Waals surface area contributed by atoms with E-state index in [1.54, 1.807) is 23.3 Å². The van der Waals surface area contributed by atoms with E-state index >= 15 is 0 Å². The summed E-state index contributed by atoms with van der Waals surface area (Å²) in [5.41, 5.74) is 2.64. The summed E-state index contributed by atoms with van der Waals surface area (Å²) >= 11 is 0. The third-order valence-electron chi connectivity index (χ3n) is 4.77. The van der Waals surface area contributed by atoms with E-state index in [4.69, 9.17) is 4.74 Å². The summed E-state index contributed by atoms with van der Waals surface area (Å²) in [6, 6.07) is 4.74. The SMILES string of the molecule is C[Si](C)(C)CCOCn1ncc2c(-c3cnc(S(C)(=O)=O)nn3)ccc(-n3nccn3)c21. The van der Waals surface area contributed by atoms with Crippen LogP contribution in [0, 0.1) is 0 Å². The minimum atomic E-state index is -3.53. The van der Waals surface area contributed by atoms with Crippen LogP contribution in [0.25, 0.3) is 27.8 Å². The Balaban J connectivity index is 1.74. The molecule has 32 heavy (non-hydrogen) atoms. The van der Waals surface area contributed by atoms with Gasteiger partial charge in [0, 0.05) is 31.9 Å². The van der Waals surface area contributed by atoms with Crippen LogP contribution < -0.4 is 0 Å². The molecule has 0 aliphatic heterocycles. The van der Waals surface area contributed by atoms with Crippen molar-refractivity contribution in [3.8, 4) is 16.9 Å². The molecule has 0 atom stereocenters. The van der Waals surface area contributed by atoms with Crippen molar-refractivity contribution in [3.05, 3.63) is 36.9 Å². The fraction of sp³-hybridized carbons (Fsp3) is 0.368. The fourth-order valence-electron chi connectivity index (χ4n) is 3.09. The predicted molar refractivity (Wildman–Crippen MR) is 121 cm³/mol. The fourth-order valence-corrected chi connectivity index (χ4v) is 4.28. The number of ether oxygens (including phenoxy) is 1. The van der Waals surface area contributed by atoms with Gasteiger partial charge in [0.1, 0.15) is 18.1 Å². The van der Waals surface area contributed by atoms with Crippen LogP contribution in [0.2, 0.25) is 25.7 Å². The number of sulfone groups is 1. The van der Waals surface area contributed by atoms with Gasteiger partial charge in [-0.25, -0.2) is 18.1 Å². The zero-order valence-corrected chi connectivity index (χ0v) is 20.1. The van der Waals surface area contributed by atoms with Gasteiger partial charge in [0.2, 0.25) is 9.84 Å². The Labute approximate surface area is 186 Å². The molecule has 13 heteroatoms. The maximum atomic E-state index is 11.7. The third-order valence-corrected chi connectivity index (χ3v) is 7.33. The smallest absolute Gasteiger partial charge is 0.267 e. The van der Waals surface area contributed by atoms with Crippen LogP contribution in [0.15, 0.2) is 42.1 Å².